The van der Waals surface area contributed by atoms with Crippen LogP contribution in [0.3, 0.4) is 0 Å². The molecule has 0 unspecified atom stereocenters. The average Bonchev–Trinajstić information content (AvgIpc) is 2.74. The Labute approximate surface area is 179 Å². The fourth-order valence-corrected chi connectivity index (χ4v) is 7.01. The van der Waals surface area contributed by atoms with Gasteiger partial charge in [-0.05, 0) is 81.3 Å². The quantitative estimate of drug-likeness (QED) is 0.776. The second-order valence-corrected chi connectivity index (χ2v) is 10.2. The summed E-state index contributed by atoms with van der Waals surface area (Å²) >= 11 is 0. The van der Waals surface area contributed by atoms with Gasteiger partial charge in [-0.3, -0.25) is 9.59 Å². The Morgan fingerprint density at radius 2 is 1.57 bits per heavy atom. The number of hydrogen-bond acceptors (Lipinski definition) is 3. The zero-order chi connectivity index (χ0) is 20.6. The number of amides is 2. The van der Waals surface area contributed by atoms with Crippen molar-refractivity contribution in [1.29, 1.82) is 0 Å². The first-order chi connectivity index (χ1) is 14.6. The first-order valence-corrected chi connectivity index (χ1v) is 11.9. The van der Waals surface area contributed by atoms with E-state index in [1.807, 2.05) is 30.3 Å². The van der Waals surface area contributed by atoms with Gasteiger partial charge in [-0.2, -0.15) is 0 Å². The summed E-state index contributed by atoms with van der Waals surface area (Å²) in [5.74, 6) is 3.67. The van der Waals surface area contributed by atoms with Gasteiger partial charge in [-0.1, -0.05) is 18.2 Å². The van der Waals surface area contributed by atoms with Crippen LogP contribution in [0.5, 0.6) is 5.75 Å². The molecule has 6 rings (SSSR count). The molecule has 1 aromatic carbocycles. The number of benzene rings is 1. The van der Waals surface area contributed by atoms with Crippen LogP contribution in [-0.2, 0) is 9.59 Å². The Kier molecular flexibility index (Phi) is 5.46. The van der Waals surface area contributed by atoms with E-state index in [2.05, 4.69) is 10.2 Å². The van der Waals surface area contributed by atoms with Crippen LogP contribution in [0.4, 0.5) is 0 Å². The van der Waals surface area contributed by atoms with Crippen LogP contribution in [-0.4, -0.2) is 42.5 Å². The molecule has 0 spiro atoms. The van der Waals surface area contributed by atoms with Gasteiger partial charge in [0.2, 0.25) is 11.8 Å². The zero-order valence-electron chi connectivity index (χ0n) is 17.9. The number of nitrogens with zero attached hydrogens (tertiary/aromatic N) is 1. The van der Waals surface area contributed by atoms with E-state index in [0.29, 0.717) is 18.9 Å². The van der Waals surface area contributed by atoms with Crippen LogP contribution < -0.4 is 10.1 Å². The van der Waals surface area contributed by atoms with Crippen molar-refractivity contribution in [3.63, 3.8) is 0 Å². The number of nitrogens with one attached hydrogen (secondary N) is 1. The number of rotatable bonds is 6. The summed E-state index contributed by atoms with van der Waals surface area (Å²) in [5.41, 5.74) is -0.0421. The second kappa shape index (κ2) is 8.24. The van der Waals surface area contributed by atoms with Crippen LogP contribution in [0, 0.1) is 23.2 Å². The van der Waals surface area contributed by atoms with E-state index in [0.717, 1.165) is 68.7 Å². The molecular weight excluding hydrogens is 376 g/mol. The van der Waals surface area contributed by atoms with Crippen LogP contribution in [0.25, 0.3) is 0 Å². The standard InChI is InChI=1S/C25H34N2O3/c28-23(8-11-30-22-4-2-1-3-5-22)26-21-6-9-27(10-7-21)24(29)25-15-18-12-19(16-25)14-20(13-18)17-25/h1-5,18-21H,6-17H2,(H,26,28). The van der Waals surface area contributed by atoms with E-state index < -0.39 is 0 Å². The van der Waals surface area contributed by atoms with Gasteiger partial charge >= 0.3 is 0 Å². The lowest BCUT2D eigenvalue weighted by Crippen LogP contribution is -2.56. The average molecular weight is 411 g/mol. The summed E-state index contributed by atoms with van der Waals surface area (Å²) in [6, 6.07) is 9.76. The monoisotopic (exact) mass is 410 g/mol. The Balaban J connectivity index is 1.07. The number of carbonyl (C=O) groups is 2. The molecule has 2 amide bonds. The molecule has 30 heavy (non-hydrogen) atoms. The van der Waals surface area contributed by atoms with E-state index in [4.69, 9.17) is 4.74 Å². The van der Waals surface area contributed by atoms with Gasteiger partial charge in [0.1, 0.15) is 5.75 Å². The molecular formula is C25H34N2O3. The van der Waals surface area contributed by atoms with Crippen molar-refractivity contribution in [1.82, 2.24) is 10.2 Å². The molecule has 4 aliphatic carbocycles. The van der Waals surface area contributed by atoms with Gasteiger partial charge in [0.15, 0.2) is 0 Å². The third-order valence-electron chi connectivity index (χ3n) is 7.98. The van der Waals surface area contributed by atoms with E-state index in [1.165, 1.54) is 19.3 Å². The highest BCUT2D eigenvalue weighted by atomic mass is 16.5. The molecule has 5 heteroatoms. The molecule has 4 saturated carbocycles. The van der Waals surface area contributed by atoms with Crippen molar-refractivity contribution < 1.29 is 14.3 Å². The lowest BCUT2D eigenvalue weighted by Gasteiger charge is -2.57. The maximum Gasteiger partial charge on any atom is 0.228 e. The molecule has 5 fully saturated rings. The normalized spacial score (nSPS) is 32.8. The third kappa shape index (κ3) is 4.08. The van der Waals surface area contributed by atoms with Crippen molar-refractivity contribution in [3.05, 3.63) is 30.3 Å². The summed E-state index contributed by atoms with van der Waals surface area (Å²) in [5, 5.41) is 3.14. The number of likely N-dealkylation sites (tertiary alicyclic amines) is 1. The minimum atomic E-state index is -0.0421. The van der Waals surface area contributed by atoms with Crippen molar-refractivity contribution in [2.24, 2.45) is 23.2 Å². The fourth-order valence-electron chi connectivity index (χ4n) is 7.01. The Morgan fingerprint density at radius 3 is 2.17 bits per heavy atom. The number of piperidine rings is 1. The first-order valence-electron chi connectivity index (χ1n) is 11.9. The van der Waals surface area contributed by atoms with Crippen LogP contribution in [0.1, 0.15) is 57.8 Å². The van der Waals surface area contributed by atoms with Crippen molar-refractivity contribution in [2.45, 2.75) is 63.8 Å². The molecule has 0 aromatic heterocycles. The molecule has 5 nitrogen and oxygen atoms in total. The smallest absolute Gasteiger partial charge is 0.228 e. The summed E-state index contributed by atoms with van der Waals surface area (Å²) < 4.78 is 5.62. The molecule has 1 N–H and O–H groups in total. The van der Waals surface area contributed by atoms with E-state index in [-0.39, 0.29) is 17.4 Å². The molecule has 0 radical (unpaired) electrons. The lowest BCUT2D eigenvalue weighted by molar-refractivity contribution is -0.158. The van der Waals surface area contributed by atoms with Crippen LogP contribution in [0.2, 0.25) is 0 Å². The Bertz CT molecular complexity index is 735. The third-order valence-corrected chi connectivity index (χ3v) is 7.98. The molecule has 162 valence electrons. The predicted molar refractivity (Wildman–Crippen MR) is 115 cm³/mol. The van der Waals surface area contributed by atoms with Gasteiger partial charge in [0, 0.05) is 19.1 Å². The number of para-hydroxylation sites is 1. The van der Waals surface area contributed by atoms with Gasteiger partial charge in [0.25, 0.3) is 0 Å². The van der Waals surface area contributed by atoms with E-state index in [9.17, 15) is 9.59 Å². The molecule has 1 heterocycles. The van der Waals surface area contributed by atoms with Crippen molar-refractivity contribution >= 4 is 11.8 Å². The number of ether oxygens (including phenoxy) is 1. The summed E-state index contributed by atoms with van der Waals surface area (Å²) in [6.07, 6.45) is 9.60. The highest BCUT2D eigenvalue weighted by Crippen LogP contribution is 2.60. The van der Waals surface area contributed by atoms with Gasteiger partial charge < -0.3 is 15.0 Å². The summed E-state index contributed by atoms with van der Waals surface area (Å²) in [4.78, 5) is 27.9. The maximum atomic E-state index is 13.5. The number of hydrogen-bond donors (Lipinski definition) is 1. The maximum absolute atomic E-state index is 13.5. The predicted octanol–water partition coefficient (Wildman–Crippen LogP) is 3.78. The topological polar surface area (TPSA) is 58.6 Å². The SMILES string of the molecule is O=C(CCOc1ccccc1)NC1CCN(C(=O)C23CC4CC(CC(C4)C2)C3)CC1. The molecule has 4 bridgehead atoms. The highest BCUT2D eigenvalue weighted by Gasteiger charge is 2.55. The Morgan fingerprint density at radius 1 is 0.967 bits per heavy atom. The van der Waals surface area contributed by atoms with Gasteiger partial charge in [-0.25, -0.2) is 0 Å². The molecule has 1 aliphatic heterocycles. The van der Waals surface area contributed by atoms with Crippen molar-refractivity contribution in [3.8, 4) is 5.75 Å². The van der Waals surface area contributed by atoms with E-state index in [1.54, 1.807) is 0 Å². The van der Waals surface area contributed by atoms with Crippen LogP contribution in [0.15, 0.2) is 30.3 Å². The van der Waals surface area contributed by atoms with Crippen molar-refractivity contribution in [2.75, 3.05) is 19.7 Å². The summed E-state index contributed by atoms with van der Waals surface area (Å²) in [7, 11) is 0. The van der Waals surface area contributed by atoms with Gasteiger partial charge in [-0.15, -0.1) is 0 Å². The van der Waals surface area contributed by atoms with Gasteiger partial charge in [0.05, 0.1) is 18.4 Å². The zero-order valence-corrected chi connectivity index (χ0v) is 17.9. The summed E-state index contributed by atoms with van der Waals surface area (Å²) in [6.45, 7) is 1.96. The van der Waals surface area contributed by atoms with Crippen LogP contribution >= 0.6 is 0 Å². The molecule has 0 atom stereocenters. The molecule has 1 saturated heterocycles. The minimum absolute atomic E-state index is 0.0387. The minimum Gasteiger partial charge on any atom is -0.493 e. The fraction of sp³-hybridized carbons (Fsp3) is 0.680. The molecule has 5 aliphatic rings. The number of carbonyl (C=O) groups excluding carboxylic acids is 2. The highest BCUT2D eigenvalue weighted by molar-refractivity contribution is 5.83. The largest absolute Gasteiger partial charge is 0.493 e. The second-order valence-electron chi connectivity index (χ2n) is 10.2. The Hall–Kier alpha value is -2.04. The lowest BCUT2D eigenvalue weighted by atomic mass is 9.49. The molecule has 1 aromatic rings. The first kappa shape index (κ1) is 19.9. The van der Waals surface area contributed by atoms with E-state index >= 15 is 0 Å².